The summed E-state index contributed by atoms with van der Waals surface area (Å²) in [4.78, 5) is 25.2. The predicted molar refractivity (Wildman–Crippen MR) is 76.6 cm³/mol. The normalized spacial score (nSPS) is 18.5. The van der Waals surface area contributed by atoms with Crippen LogP contribution in [0.1, 0.15) is 26.7 Å². The molecule has 1 aliphatic rings. The van der Waals surface area contributed by atoms with Crippen molar-refractivity contribution in [3.63, 3.8) is 0 Å². The van der Waals surface area contributed by atoms with E-state index in [1.165, 1.54) is 4.90 Å². The number of likely N-dealkylation sites (tertiary alicyclic amines) is 1. The number of nitrogens with one attached hydrogen (secondary N) is 1. The summed E-state index contributed by atoms with van der Waals surface area (Å²) in [6, 6.07) is 6.94. The topological polar surface area (TPSA) is 58.6 Å². The number of hydrogen-bond acceptors (Lipinski definition) is 4. The number of imide groups is 1. The van der Waals surface area contributed by atoms with Gasteiger partial charge in [-0.05, 0) is 37.6 Å². The fourth-order valence-corrected chi connectivity index (χ4v) is 2.27. The van der Waals surface area contributed by atoms with Gasteiger partial charge in [0.2, 0.25) is 5.91 Å². The van der Waals surface area contributed by atoms with Crippen molar-refractivity contribution in [3.8, 4) is 5.75 Å². The molecular formula is C15H20N2O3. The summed E-state index contributed by atoms with van der Waals surface area (Å²) in [7, 11) is 0. The standard InChI is InChI=1S/C15H20N2O3/c1-3-9-17-14(18)10-13(15(17)19)16-11-5-7-12(8-6-11)20-4-2/h5-8,13,16H,3-4,9-10H2,1-2H3. The number of carbonyl (C=O) groups excluding carboxylic acids is 2. The molecule has 0 radical (unpaired) electrons. The molecule has 1 unspecified atom stereocenters. The maximum Gasteiger partial charge on any atom is 0.252 e. The average Bonchev–Trinajstić information content (AvgIpc) is 2.69. The first-order valence-corrected chi connectivity index (χ1v) is 6.99. The van der Waals surface area contributed by atoms with E-state index in [-0.39, 0.29) is 18.2 Å². The molecule has 5 heteroatoms. The lowest BCUT2D eigenvalue weighted by molar-refractivity contribution is -0.138. The van der Waals surface area contributed by atoms with Crippen LogP contribution in [0.3, 0.4) is 0 Å². The number of rotatable bonds is 6. The van der Waals surface area contributed by atoms with Crippen molar-refractivity contribution in [2.75, 3.05) is 18.5 Å². The van der Waals surface area contributed by atoms with Gasteiger partial charge < -0.3 is 10.1 Å². The second-order valence-corrected chi connectivity index (χ2v) is 4.74. The Kier molecular flexibility index (Phi) is 4.61. The van der Waals surface area contributed by atoms with Crippen molar-refractivity contribution in [1.29, 1.82) is 0 Å². The van der Waals surface area contributed by atoms with Crippen LogP contribution in [0.25, 0.3) is 0 Å². The summed E-state index contributed by atoms with van der Waals surface area (Å²) in [6.45, 7) is 5.00. The fraction of sp³-hybridized carbons (Fsp3) is 0.467. The molecule has 1 aliphatic heterocycles. The van der Waals surface area contributed by atoms with E-state index in [9.17, 15) is 9.59 Å². The molecule has 0 saturated carbocycles. The van der Waals surface area contributed by atoms with Gasteiger partial charge in [-0.3, -0.25) is 14.5 Å². The van der Waals surface area contributed by atoms with Crippen LogP contribution in [0, 0.1) is 0 Å². The monoisotopic (exact) mass is 276 g/mol. The molecule has 2 amide bonds. The van der Waals surface area contributed by atoms with E-state index in [4.69, 9.17) is 4.74 Å². The Balaban J connectivity index is 2.00. The molecule has 1 atom stereocenters. The van der Waals surface area contributed by atoms with Crippen LogP contribution in [-0.2, 0) is 9.59 Å². The maximum atomic E-state index is 12.1. The van der Waals surface area contributed by atoms with Crippen LogP contribution in [0.2, 0.25) is 0 Å². The molecule has 1 heterocycles. The van der Waals surface area contributed by atoms with Crippen LogP contribution in [0.4, 0.5) is 5.69 Å². The van der Waals surface area contributed by atoms with E-state index in [1.807, 2.05) is 38.1 Å². The number of nitrogens with zero attached hydrogens (tertiary/aromatic N) is 1. The van der Waals surface area contributed by atoms with Gasteiger partial charge in [-0.25, -0.2) is 0 Å². The summed E-state index contributed by atoms with van der Waals surface area (Å²) in [5, 5.41) is 3.11. The van der Waals surface area contributed by atoms with Crippen molar-refractivity contribution in [1.82, 2.24) is 4.90 Å². The first kappa shape index (κ1) is 14.4. The Morgan fingerprint density at radius 1 is 1.25 bits per heavy atom. The van der Waals surface area contributed by atoms with E-state index < -0.39 is 6.04 Å². The molecule has 5 nitrogen and oxygen atoms in total. The fourth-order valence-electron chi connectivity index (χ4n) is 2.27. The maximum absolute atomic E-state index is 12.1. The summed E-state index contributed by atoms with van der Waals surface area (Å²) < 4.78 is 5.36. The largest absolute Gasteiger partial charge is 0.494 e. The van der Waals surface area contributed by atoms with Crippen LogP contribution in [-0.4, -0.2) is 35.9 Å². The van der Waals surface area contributed by atoms with Crippen molar-refractivity contribution in [2.45, 2.75) is 32.7 Å². The number of hydrogen-bond donors (Lipinski definition) is 1. The highest BCUT2D eigenvalue weighted by Crippen LogP contribution is 2.21. The minimum absolute atomic E-state index is 0.0970. The summed E-state index contributed by atoms with van der Waals surface area (Å²) in [5.74, 6) is 0.561. The zero-order valence-electron chi connectivity index (χ0n) is 11.9. The van der Waals surface area contributed by atoms with Gasteiger partial charge in [0.1, 0.15) is 11.8 Å². The third-order valence-corrected chi connectivity index (χ3v) is 3.20. The molecule has 1 saturated heterocycles. The Bertz CT molecular complexity index is 484. The molecule has 108 valence electrons. The molecule has 2 rings (SSSR count). The van der Waals surface area contributed by atoms with Gasteiger partial charge in [-0.15, -0.1) is 0 Å². The molecule has 1 aromatic carbocycles. The van der Waals surface area contributed by atoms with Crippen LogP contribution < -0.4 is 10.1 Å². The highest BCUT2D eigenvalue weighted by Gasteiger charge is 2.37. The predicted octanol–water partition coefficient (Wildman–Crippen LogP) is 2.03. The van der Waals surface area contributed by atoms with Gasteiger partial charge in [0.25, 0.3) is 5.91 Å². The Hall–Kier alpha value is -2.04. The number of amides is 2. The summed E-state index contributed by atoms with van der Waals surface area (Å²) in [6.07, 6.45) is 1.01. The molecule has 1 fully saturated rings. The average molecular weight is 276 g/mol. The van der Waals surface area contributed by atoms with Gasteiger partial charge in [0.05, 0.1) is 13.0 Å². The molecule has 1 N–H and O–H groups in total. The third-order valence-electron chi connectivity index (χ3n) is 3.20. The number of anilines is 1. The van der Waals surface area contributed by atoms with Crippen LogP contribution in [0.15, 0.2) is 24.3 Å². The molecular weight excluding hydrogens is 256 g/mol. The van der Waals surface area contributed by atoms with E-state index in [2.05, 4.69) is 5.32 Å². The Morgan fingerprint density at radius 2 is 1.95 bits per heavy atom. The van der Waals surface area contributed by atoms with Crippen molar-refractivity contribution in [3.05, 3.63) is 24.3 Å². The quantitative estimate of drug-likeness (QED) is 0.808. The first-order valence-electron chi connectivity index (χ1n) is 6.99. The third kappa shape index (κ3) is 3.10. The smallest absolute Gasteiger partial charge is 0.252 e. The molecule has 0 aromatic heterocycles. The van der Waals surface area contributed by atoms with Crippen LogP contribution >= 0.6 is 0 Å². The zero-order chi connectivity index (χ0) is 14.5. The zero-order valence-corrected chi connectivity index (χ0v) is 11.9. The van der Waals surface area contributed by atoms with Gasteiger partial charge in [0.15, 0.2) is 0 Å². The summed E-state index contributed by atoms with van der Waals surface area (Å²) >= 11 is 0. The van der Waals surface area contributed by atoms with Crippen LogP contribution in [0.5, 0.6) is 5.75 Å². The number of benzene rings is 1. The van der Waals surface area contributed by atoms with Gasteiger partial charge >= 0.3 is 0 Å². The van der Waals surface area contributed by atoms with E-state index in [0.29, 0.717) is 13.2 Å². The second kappa shape index (κ2) is 6.41. The molecule has 1 aromatic rings. The molecule has 0 spiro atoms. The van der Waals surface area contributed by atoms with E-state index >= 15 is 0 Å². The van der Waals surface area contributed by atoms with E-state index in [0.717, 1.165) is 17.9 Å². The molecule has 20 heavy (non-hydrogen) atoms. The van der Waals surface area contributed by atoms with Crippen molar-refractivity contribution < 1.29 is 14.3 Å². The number of carbonyl (C=O) groups is 2. The Morgan fingerprint density at radius 3 is 2.55 bits per heavy atom. The Labute approximate surface area is 118 Å². The lowest BCUT2D eigenvalue weighted by atomic mass is 10.2. The van der Waals surface area contributed by atoms with Crippen molar-refractivity contribution in [2.24, 2.45) is 0 Å². The second-order valence-electron chi connectivity index (χ2n) is 4.74. The molecule has 0 aliphatic carbocycles. The van der Waals surface area contributed by atoms with Gasteiger partial charge in [0, 0.05) is 12.2 Å². The van der Waals surface area contributed by atoms with Gasteiger partial charge in [-0.1, -0.05) is 6.92 Å². The molecule has 0 bridgehead atoms. The minimum Gasteiger partial charge on any atom is -0.494 e. The lowest BCUT2D eigenvalue weighted by Gasteiger charge is -2.15. The van der Waals surface area contributed by atoms with Gasteiger partial charge in [-0.2, -0.15) is 0 Å². The SMILES string of the molecule is CCCN1C(=O)CC(Nc2ccc(OCC)cc2)C1=O. The highest BCUT2D eigenvalue weighted by atomic mass is 16.5. The lowest BCUT2D eigenvalue weighted by Crippen LogP contribution is -2.35. The van der Waals surface area contributed by atoms with Crippen molar-refractivity contribution >= 4 is 17.5 Å². The van der Waals surface area contributed by atoms with E-state index in [1.54, 1.807) is 0 Å². The highest BCUT2D eigenvalue weighted by molar-refractivity contribution is 6.06. The number of ether oxygens (including phenoxy) is 1. The minimum atomic E-state index is -0.452. The summed E-state index contributed by atoms with van der Waals surface area (Å²) in [5.41, 5.74) is 0.818. The first-order chi connectivity index (χ1) is 9.65.